The normalized spacial score (nSPS) is 10.7. The highest BCUT2D eigenvalue weighted by Crippen LogP contribution is 2.29. The fourth-order valence-electron chi connectivity index (χ4n) is 2.66. The number of carbonyl (C=O) groups is 1. The summed E-state index contributed by atoms with van der Waals surface area (Å²) in [5.74, 6) is 0.242. The van der Waals surface area contributed by atoms with Crippen molar-refractivity contribution in [2.45, 2.75) is 20.8 Å². The molecule has 3 aromatic rings. The zero-order chi connectivity index (χ0) is 18.0. The van der Waals surface area contributed by atoms with E-state index < -0.39 is 5.97 Å². The van der Waals surface area contributed by atoms with E-state index in [1.165, 1.54) is 11.1 Å². The zero-order valence-electron chi connectivity index (χ0n) is 14.9. The number of hydrogen-bond acceptors (Lipinski definition) is 5. The van der Waals surface area contributed by atoms with E-state index in [4.69, 9.17) is 4.74 Å². The van der Waals surface area contributed by atoms with Gasteiger partial charge in [0.15, 0.2) is 0 Å². The number of ether oxygens (including phenoxy) is 1. The van der Waals surface area contributed by atoms with Crippen molar-refractivity contribution in [2.75, 3.05) is 18.6 Å². The largest absolute Gasteiger partial charge is 0.460 e. The third-order valence-corrected chi connectivity index (χ3v) is 4.24. The first-order valence-corrected chi connectivity index (χ1v) is 8.26. The number of aromatic nitrogens is 2. The molecule has 0 bridgehead atoms. The van der Waals surface area contributed by atoms with Crippen molar-refractivity contribution in [3.63, 3.8) is 0 Å². The maximum atomic E-state index is 12.1. The Hall–Kier alpha value is -2.95. The Morgan fingerprint density at radius 3 is 2.56 bits per heavy atom. The predicted molar refractivity (Wildman–Crippen MR) is 99.5 cm³/mol. The van der Waals surface area contributed by atoms with Crippen LogP contribution in [0.4, 0.5) is 11.5 Å². The van der Waals surface area contributed by atoms with Crippen LogP contribution in [0.25, 0.3) is 10.9 Å². The van der Waals surface area contributed by atoms with Crippen LogP contribution in [0, 0.1) is 13.8 Å². The van der Waals surface area contributed by atoms with Gasteiger partial charge in [-0.3, -0.25) is 0 Å². The molecule has 0 amide bonds. The van der Waals surface area contributed by atoms with Crippen LogP contribution >= 0.6 is 0 Å². The van der Waals surface area contributed by atoms with Gasteiger partial charge in [0.05, 0.1) is 12.1 Å². The monoisotopic (exact) mass is 335 g/mol. The third-order valence-electron chi connectivity index (χ3n) is 4.24. The number of benzene rings is 2. The summed E-state index contributed by atoms with van der Waals surface area (Å²) in [7, 11) is 1.94. The number of esters is 1. The van der Waals surface area contributed by atoms with Crippen LogP contribution in [0.1, 0.15) is 28.7 Å². The summed E-state index contributed by atoms with van der Waals surface area (Å²) in [5.41, 5.74) is 4.15. The second-order valence-electron chi connectivity index (χ2n) is 5.94. The van der Waals surface area contributed by atoms with Crippen molar-refractivity contribution in [1.82, 2.24) is 9.97 Å². The lowest BCUT2D eigenvalue weighted by atomic mass is 10.1. The maximum Gasteiger partial charge on any atom is 0.376 e. The fourth-order valence-corrected chi connectivity index (χ4v) is 2.66. The maximum absolute atomic E-state index is 12.1. The van der Waals surface area contributed by atoms with Gasteiger partial charge in [-0.15, -0.1) is 0 Å². The van der Waals surface area contributed by atoms with Crippen LogP contribution in [0.3, 0.4) is 0 Å². The average Bonchev–Trinajstić information content (AvgIpc) is 2.62. The molecule has 0 radical (unpaired) electrons. The molecule has 0 saturated carbocycles. The second kappa shape index (κ2) is 6.89. The van der Waals surface area contributed by atoms with Crippen LogP contribution in [-0.2, 0) is 4.74 Å². The summed E-state index contributed by atoms with van der Waals surface area (Å²) in [5, 5.41) is 0.885. The molecule has 0 atom stereocenters. The number of fused-ring (bicyclic) bond motifs is 1. The Balaban J connectivity index is 2.15. The van der Waals surface area contributed by atoms with Gasteiger partial charge in [-0.25, -0.2) is 14.8 Å². The topological polar surface area (TPSA) is 55.3 Å². The number of hydrogen-bond donors (Lipinski definition) is 0. The van der Waals surface area contributed by atoms with Crippen LogP contribution in [-0.4, -0.2) is 29.6 Å². The summed E-state index contributed by atoms with van der Waals surface area (Å²) >= 11 is 0. The number of carbonyl (C=O) groups excluding carboxylic acids is 1. The fraction of sp³-hybridized carbons (Fsp3) is 0.250. The first kappa shape index (κ1) is 16.9. The summed E-state index contributed by atoms with van der Waals surface area (Å²) in [6.07, 6.45) is 0. The molecule has 128 valence electrons. The summed E-state index contributed by atoms with van der Waals surface area (Å²) in [6.45, 7) is 6.21. The van der Waals surface area contributed by atoms with Crippen molar-refractivity contribution in [2.24, 2.45) is 0 Å². The standard InChI is InChI=1S/C20H21N3O2/c1-5-25-20(24)18-21-17-9-7-6-8-16(17)19(22-18)23(4)15-11-10-13(2)14(3)12-15/h6-12H,5H2,1-4H3. The van der Waals surface area contributed by atoms with Crippen molar-refractivity contribution < 1.29 is 9.53 Å². The van der Waals surface area contributed by atoms with E-state index in [2.05, 4.69) is 35.9 Å². The molecule has 3 rings (SSSR count). The molecule has 1 aromatic heterocycles. The van der Waals surface area contributed by atoms with Gasteiger partial charge in [0.25, 0.3) is 0 Å². The van der Waals surface area contributed by atoms with Gasteiger partial charge in [0.2, 0.25) is 5.82 Å². The lowest BCUT2D eigenvalue weighted by molar-refractivity contribution is 0.0512. The Bertz CT molecular complexity index is 937. The molecule has 0 saturated heterocycles. The number of para-hydroxylation sites is 1. The molecule has 0 unspecified atom stereocenters. The summed E-state index contributed by atoms with van der Waals surface area (Å²) < 4.78 is 5.07. The van der Waals surface area contributed by atoms with Gasteiger partial charge >= 0.3 is 5.97 Å². The van der Waals surface area contributed by atoms with E-state index in [-0.39, 0.29) is 12.4 Å². The molecule has 0 spiro atoms. The van der Waals surface area contributed by atoms with E-state index in [9.17, 15) is 4.79 Å². The van der Waals surface area contributed by atoms with Crippen LogP contribution in [0.15, 0.2) is 42.5 Å². The molecule has 0 aliphatic rings. The molecule has 5 heteroatoms. The van der Waals surface area contributed by atoms with E-state index in [1.807, 2.05) is 42.3 Å². The first-order chi connectivity index (χ1) is 12.0. The van der Waals surface area contributed by atoms with Gasteiger partial charge in [0.1, 0.15) is 5.82 Å². The van der Waals surface area contributed by atoms with Gasteiger partial charge < -0.3 is 9.64 Å². The van der Waals surface area contributed by atoms with E-state index in [0.717, 1.165) is 11.1 Å². The summed E-state index contributed by atoms with van der Waals surface area (Å²) in [4.78, 5) is 22.9. The third kappa shape index (κ3) is 3.31. The predicted octanol–water partition coefficient (Wildman–Crippen LogP) is 4.19. The van der Waals surface area contributed by atoms with Crippen LogP contribution in [0.2, 0.25) is 0 Å². The second-order valence-corrected chi connectivity index (χ2v) is 5.94. The van der Waals surface area contributed by atoms with Gasteiger partial charge in [-0.05, 0) is 56.2 Å². The van der Waals surface area contributed by atoms with Gasteiger partial charge in [-0.1, -0.05) is 18.2 Å². The average molecular weight is 335 g/mol. The van der Waals surface area contributed by atoms with E-state index in [1.54, 1.807) is 6.92 Å². The lowest BCUT2D eigenvalue weighted by Gasteiger charge is -2.21. The Morgan fingerprint density at radius 1 is 1.08 bits per heavy atom. The summed E-state index contributed by atoms with van der Waals surface area (Å²) in [6, 6.07) is 13.9. The number of nitrogens with zero attached hydrogens (tertiary/aromatic N) is 3. The Kier molecular flexibility index (Phi) is 4.65. The van der Waals surface area contributed by atoms with E-state index >= 15 is 0 Å². The minimum absolute atomic E-state index is 0.0752. The minimum Gasteiger partial charge on any atom is -0.460 e. The minimum atomic E-state index is -0.511. The molecule has 5 nitrogen and oxygen atoms in total. The Labute approximate surface area is 147 Å². The van der Waals surface area contributed by atoms with Crippen molar-refractivity contribution in [3.05, 3.63) is 59.4 Å². The molecule has 0 fully saturated rings. The smallest absolute Gasteiger partial charge is 0.376 e. The van der Waals surface area contributed by atoms with Gasteiger partial charge in [0, 0.05) is 18.1 Å². The van der Waals surface area contributed by atoms with E-state index in [0.29, 0.717) is 11.3 Å². The number of anilines is 2. The SMILES string of the molecule is CCOC(=O)c1nc(N(C)c2ccc(C)c(C)c2)c2ccccc2n1. The lowest BCUT2D eigenvalue weighted by Crippen LogP contribution is -2.17. The highest BCUT2D eigenvalue weighted by Gasteiger charge is 2.18. The highest BCUT2D eigenvalue weighted by atomic mass is 16.5. The number of rotatable bonds is 4. The highest BCUT2D eigenvalue weighted by molar-refractivity contribution is 5.95. The Morgan fingerprint density at radius 2 is 1.84 bits per heavy atom. The molecule has 25 heavy (non-hydrogen) atoms. The number of aryl methyl sites for hydroxylation is 2. The molecule has 0 aliphatic carbocycles. The molecular weight excluding hydrogens is 314 g/mol. The van der Waals surface area contributed by atoms with Gasteiger partial charge in [-0.2, -0.15) is 0 Å². The van der Waals surface area contributed by atoms with Crippen molar-refractivity contribution >= 4 is 28.4 Å². The molecular formula is C20H21N3O2. The quantitative estimate of drug-likeness (QED) is 0.669. The zero-order valence-corrected chi connectivity index (χ0v) is 14.9. The first-order valence-electron chi connectivity index (χ1n) is 8.26. The molecule has 2 aromatic carbocycles. The molecule has 0 aliphatic heterocycles. The van der Waals surface area contributed by atoms with Crippen molar-refractivity contribution in [1.29, 1.82) is 0 Å². The van der Waals surface area contributed by atoms with Crippen LogP contribution in [0.5, 0.6) is 0 Å². The molecule has 1 heterocycles. The van der Waals surface area contributed by atoms with Crippen LogP contribution < -0.4 is 4.90 Å². The van der Waals surface area contributed by atoms with Crippen molar-refractivity contribution in [3.8, 4) is 0 Å². The molecule has 0 N–H and O–H groups in total.